The number of hydrogen-bond donors (Lipinski definition) is 1. The van der Waals surface area contributed by atoms with Gasteiger partial charge in [-0.2, -0.15) is 0 Å². The Labute approximate surface area is 83.5 Å². The van der Waals surface area contributed by atoms with Crippen molar-refractivity contribution in [3.63, 3.8) is 0 Å². The van der Waals surface area contributed by atoms with Crippen LogP contribution in [0.25, 0.3) is 0 Å². The average Bonchev–Trinajstić information content (AvgIpc) is 2.04. The third-order valence-electron chi connectivity index (χ3n) is 3.00. The van der Waals surface area contributed by atoms with Gasteiger partial charge in [0.15, 0.2) is 0 Å². The molecule has 1 N–H and O–H groups in total. The highest BCUT2D eigenvalue weighted by atomic mass is 16.3. The van der Waals surface area contributed by atoms with Gasteiger partial charge in [-0.1, -0.05) is 47.5 Å². The zero-order valence-corrected chi connectivity index (χ0v) is 9.93. The molecule has 1 unspecified atom stereocenters. The van der Waals surface area contributed by atoms with Crippen LogP contribution in [0.1, 0.15) is 60.3 Å². The quantitative estimate of drug-likeness (QED) is 0.695. The average molecular weight is 186 g/mol. The van der Waals surface area contributed by atoms with Gasteiger partial charge in [0.2, 0.25) is 0 Å². The lowest BCUT2D eigenvalue weighted by molar-refractivity contribution is 0.0495. The minimum atomic E-state index is -0.145. The molecule has 80 valence electrons. The van der Waals surface area contributed by atoms with E-state index in [-0.39, 0.29) is 11.5 Å². The molecule has 0 aromatic rings. The van der Waals surface area contributed by atoms with E-state index in [0.29, 0.717) is 0 Å². The highest BCUT2D eigenvalue weighted by Crippen LogP contribution is 2.25. The molecule has 0 aromatic heterocycles. The maximum atomic E-state index is 9.83. The predicted octanol–water partition coefficient (Wildman–Crippen LogP) is 3.61. The molecular weight excluding hydrogens is 160 g/mol. The van der Waals surface area contributed by atoms with E-state index in [4.69, 9.17) is 0 Å². The topological polar surface area (TPSA) is 20.2 Å². The lowest BCUT2D eigenvalue weighted by Crippen LogP contribution is -2.26. The van der Waals surface area contributed by atoms with Crippen molar-refractivity contribution in [2.75, 3.05) is 0 Å². The third-order valence-corrected chi connectivity index (χ3v) is 3.00. The highest BCUT2D eigenvalue weighted by Gasteiger charge is 2.22. The predicted molar refractivity (Wildman–Crippen MR) is 58.8 cm³/mol. The molecule has 0 heterocycles. The van der Waals surface area contributed by atoms with E-state index in [2.05, 4.69) is 34.6 Å². The molecule has 0 saturated carbocycles. The molecule has 0 spiro atoms. The number of aliphatic hydroxyl groups excluding tert-OH is 1. The van der Waals surface area contributed by atoms with Crippen LogP contribution in [-0.4, -0.2) is 11.2 Å². The fraction of sp³-hybridized carbons (Fsp3) is 1.00. The summed E-state index contributed by atoms with van der Waals surface area (Å²) in [4.78, 5) is 0. The minimum absolute atomic E-state index is 0.0477. The standard InChI is InChI=1S/C12H26O/c1-6-10(7-2)8-9-11(13)12(3,4)5/h10-11,13H,6-9H2,1-5H3. The van der Waals surface area contributed by atoms with Gasteiger partial charge >= 0.3 is 0 Å². The van der Waals surface area contributed by atoms with E-state index in [0.717, 1.165) is 12.3 Å². The van der Waals surface area contributed by atoms with Crippen LogP contribution in [0, 0.1) is 11.3 Å². The maximum Gasteiger partial charge on any atom is 0.0588 e. The van der Waals surface area contributed by atoms with Crippen molar-refractivity contribution in [2.24, 2.45) is 11.3 Å². The summed E-state index contributed by atoms with van der Waals surface area (Å²) in [6, 6.07) is 0. The number of aliphatic hydroxyl groups is 1. The first-order valence-electron chi connectivity index (χ1n) is 5.59. The maximum absolute atomic E-state index is 9.83. The Morgan fingerprint density at radius 2 is 1.46 bits per heavy atom. The molecule has 1 atom stereocenters. The van der Waals surface area contributed by atoms with Crippen molar-refractivity contribution >= 4 is 0 Å². The van der Waals surface area contributed by atoms with Crippen LogP contribution in [0.2, 0.25) is 0 Å². The number of hydrogen-bond acceptors (Lipinski definition) is 1. The molecule has 0 rings (SSSR count). The summed E-state index contributed by atoms with van der Waals surface area (Å²) in [5.41, 5.74) is 0.0477. The van der Waals surface area contributed by atoms with Gasteiger partial charge < -0.3 is 5.11 Å². The van der Waals surface area contributed by atoms with Gasteiger partial charge in [-0.25, -0.2) is 0 Å². The summed E-state index contributed by atoms with van der Waals surface area (Å²) in [7, 11) is 0. The zero-order chi connectivity index (χ0) is 10.5. The van der Waals surface area contributed by atoms with Crippen LogP contribution in [0.3, 0.4) is 0 Å². The van der Waals surface area contributed by atoms with Gasteiger partial charge in [0, 0.05) is 0 Å². The molecule has 1 nitrogen and oxygen atoms in total. The van der Waals surface area contributed by atoms with Crippen molar-refractivity contribution in [3.05, 3.63) is 0 Å². The van der Waals surface area contributed by atoms with Crippen molar-refractivity contribution in [2.45, 2.75) is 66.4 Å². The molecule has 0 amide bonds. The second-order valence-electron chi connectivity index (χ2n) is 5.14. The van der Waals surface area contributed by atoms with Crippen LogP contribution >= 0.6 is 0 Å². The molecular formula is C12H26O. The summed E-state index contributed by atoms with van der Waals surface area (Å²) in [6.07, 6.45) is 4.47. The Morgan fingerprint density at radius 1 is 1.00 bits per heavy atom. The van der Waals surface area contributed by atoms with Gasteiger partial charge in [-0.05, 0) is 24.2 Å². The molecule has 0 aliphatic heterocycles. The molecule has 0 bridgehead atoms. The van der Waals surface area contributed by atoms with E-state index in [1.165, 1.54) is 19.3 Å². The summed E-state index contributed by atoms with van der Waals surface area (Å²) in [6.45, 7) is 10.8. The van der Waals surface area contributed by atoms with E-state index < -0.39 is 0 Å². The molecule has 0 aliphatic rings. The normalized spacial score (nSPS) is 15.0. The van der Waals surface area contributed by atoms with Crippen LogP contribution in [-0.2, 0) is 0 Å². The molecule has 0 radical (unpaired) electrons. The number of rotatable bonds is 5. The van der Waals surface area contributed by atoms with Crippen molar-refractivity contribution in [1.82, 2.24) is 0 Å². The van der Waals surface area contributed by atoms with Gasteiger partial charge in [-0.15, -0.1) is 0 Å². The SMILES string of the molecule is CCC(CC)CCC(O)C(C)(C)C. The van der Waals surface area contributed by atoms with Gasteiger partial charge in [0.25, 0.3) is 0 Å². The van der Waals surface area contributed by atoms with Crippen molar-refractivity contribution < 1.29 is 5.11 Å². The van der Waals surface area contributed by atoms with E-state index in [1.54, 1.807) is 0 Å². The Balaban J connectivity index is 3.75. The third kappa shape index (κ3) is 5.30. The van der Waals surface area contributed by atoms with Gasteiger partial charge in [0.05, 0.1) is 6.10 Å². The second-order valence-corrected chi connectivity index (χ2v) is 5.14. The summed E-state index contributed by atoms with van der Waals surface area (Å²) < 4.78 is 0. The summed E-state index contributed by atoms with van der Waals surface area (Å²) in [5.74, 6) is 0.803. The summed E-state index contributed by atoms with van der Waals surface area (Å²) >= 11 is 0. The Morgan fingerprint density at radius 3 is 1.77 bits per heavy atom. The van der Waals surface area contributed by atoms with Crippen LogP contribution in [0.15, 0.2) is 0 Å². The largest absolute Gasteiger partial charge is 0.393 e. The second kappa shape index (κ2) is 5.64. The molecule has 1 heteroatoms. The van der Waals surface area contributed by atoms with Crippen LogP contribution in [0.4, 0.5) is 0 Å². The first-order valence-corrected chi connectivity index (χ1v) is 5.59. The highest BCUT2D eigenvalue weighted by molar-refractivity contribution is 4.73. The van der Waals surface area contributed by atoms with Crippen molar-refractivity contribution in [1.29, 1.82) is 0 Å². The fourth-order valence-corrected chi connectivity index (χ4v) is 1.52. The summed E-state index contributed by atoms with van der Waals surface area (Å²) in [5, 5.41) is 9.83. The fourth-order valence-electron chi connectivity index (χ4n) is 1.52. The van der Waals surface area contributed by atoms with E-state index >= 15 is 0 Å². The Bertz CT molecular complexity index is 120. The molecule has 0 aliphatic carbocycles. The Kier molecular flexibility index (Phi) is 5.62. The van der Waals surface area contributed by atoms with E-state index in [9.17, 15) is 5.11 Å². The zero-order valence-electron chi connectivity index (χ0n) is 9.93. The first-order chi connectivity index (χ1) is 5.91. The minimum Gasteiger partial charge on any atom is -0.393 e. The Hall–Kier alpha value is -0.0400. The lowest BCUT2D eigenvalue weighted by atomic mass is 9.84. The van der Waals surface area contributed by atoms with E-state index in [1.807, 2.05) is 0 Å². The first kappa shape index (κ1) is 13.0. The monoisotopic (exact) mass is 186 g/mol. The van der Waals surface area contributed by atoms with Crippen LogP contribution in [0.5, 0.6) is 0 Å². The molecule has 0 aromatic carbocycles. The van der Waals surface area contributed by atoms with Gasteiger partial charge in [-0.3, -0.25) is 0 Å². The molecule has 0 fully saturated rings. The van der Waals surface area contributed by atoms with Crippen molar-refractivity contribution in [3.8, 4) is 0 Å². The smallest absolute Gasteiger partial charge is 0.0588 e. The lowest BCUT2D eigenvalue weighted by Gasteiger charge is -2.27. The molecule has 13 heavy (non-hydrogen) atoms. The molecule has 0 saturated heterocycles. The van der Waals surface area contributed by atoms with Gasteiger partial charge in [0.1, 0.15) is 0 Å². The van der Waals surface area contributed by atoms with Crippen LogP contribution < -0.4 is 0 Å².